The molecule has 74 valence electrons. The molecule has 0 unspecified atom stereocenters. The number of allylic oxidation sites excluding steroid dienone is 4. The molecule has 0 aromatic carbocycles. The predicted octanol–water partition coefficient (Wildman–Crippen LogP) is 3.19. The summed E-state index contributed by atoms with van der Waals surface area (Å²) in [6.07, 6.45) is 11.7. The number of unbranched alkanes of at least 4 members (excludes halogenated alkanes) is 3. The van der Waals surface area contributed by atoms with Gasteiger partial charge in [0.25, 0.3) is 0 Å². The maximum absolute atomic E-state index is 5.40. The summed E-state index contributed by atoms with van der Waals surface area (Å²) >= 11 is 0. The van der Waals surface area contributed by atoms with Crippen molar-refractivity contribution in [2.24, 2.45) is 5.73 Å². The maximum atomic E-state index is 5.40. The summed E-state index contributed by atoms with van der Waals surface area (Å²) in [6.45, 7) is 8.24. The number of nitrogens with two attached hydrogens (primary N) is 1. The van der Waals surface area contributed by atoms with Crippen LogP contribution < -0.4 is 5.73 Å². The summed E-state index contributed by atoms with van der Waals surface area (Å²) in [7, 11) is 0. The van der Waals surface area contributed by atoms with Gasteiger partial charge in [-0.05, 0) is 31.4 Å². The largest absolute Gasteiger partial charge is 0.330 e. The van der Waals surface area contributed by atoms with Crippen LogP contribution in [0.4, 0.5) is 0 Å². The van der Waals surface area contributed by atoms with Crippen molar-refractivity contribution in [3.63, 3.8) is 0 Å². The normalized spacial score (nSPS) is 11.3. The van der Waals surface area contributed by atoms with Gasteiger partial charge in [0.1, 0.15) is 0 Å². The van der Waals surface area contributed by atoms with Crippen molar-refractivity contribution in [1.29, 1.82) is 0 Å². The second-order valence-corrected chi connectivity index (χ2v) is 3.13. The van der Waals surface area contributed by atoms with E-state index in [-0.39, 0.29) is 0 Å². The highest BCUT2D eigenvalue weighted by atomic mass is 14.5. The molecule has 1 heteroatoms. The average molecular weight is 179 g/mol. The van der Waals surface area contributed by atoms with Crippen LogP contribution in [0, 0.1) is 0 Å². The van der Waals surface area contributed by atoms with E-state index < -0.39 is 0 Å². The standard InChI is InChI=1S/C12H21N/c1-3-9-12(4-2)10-7-5-6-8-11-13/h3-4,9H,1-2,5-8,10-11,13H2/b12-9+. The van der Waals surface area contributed by atoms with Crippen molar-refractivity contribution in [2.75, 3.05) is 6.54 Å². The molecule has 0 saturated heterocycles. The van der Waals surface area contributed by atoms with E-state index in [1.165, 1.54) is 24.8 Å². The molecule has 0 amide bonds. The first-order valence-electron chi connectivity index (χ1n) is 4.99. The Morgan fingerprint density at radius 1 is 1.08 bits per heavy atom. The van der Waals surface area contributed by atoms with E-state index in [0.29, 0.717) is 0 Å². The molecule has 0 aliphatic heterocycles. The van der Waals surface area contributed by atoms with Crippen LogP contribution in [0.5, 0.6) is 0 Å². The lowest BCUT2D eigenvalue weighted by Gasteiger charge is -2.00. The Labute approximate surface area is 82.0 Å². The van der Waals surface area contributed by atoms with Crippen molar-refractivity contribution >= 4 is 0 Å². The number of rotatable bonds is 8. The Morgan fingerprint density at radius 3 is 2.31 bits per heavy atom. The third-order valence-electron chi connectivity index (χ3n) is 2.01. The fourth-order valence-corrected chi connectivity index (χ4v) is 1.23. The fourth-order valence-electron chi connectivity index (χ4n) is 1.23. The molecule has 0 aromatic rings. The van der Waals surface area contributed by atoms with Gasteiger partial charge in [0.2, 0.25) is 0 Å². The molecule has 2 N–H and O–H groups in total. The highest BCUT2D eigenvalue weighted by Gasteiger charge is 1.91. The second-order valence-electron chi connectivity index (χ2n) is 3.13. The topological polar surface area (TPSA) is 26.0 Å². The highest BCUT2D eigenvalue weighted by Crippen LogP contribution is 2.10. The summed E-state index contributed by atoms with van der Waals surface area (Å²) in [6, 6.07) is 0. The SMILES string of the molecule is C=C/C=C(\C=C)CCCCCCN. The number of hydrogen-bond donors (Lipinski definition) is 1. The summed E-state index contributed by atoms with van der Waals surface area (Å²) in [5.74, 6) is 0. The van der Waals surface area contributed by atoms with E-state index in [0.717, 1.165) is 19.4 Å². The predicted molar refractivity (Wildman–Crippen MR) is 60.6 cm³/mol. The fraction of sp³-hybridized carbons (Fsp3) is 0.500. The van der Waals surface area contributed by atoms with Gasteiger partial charge in [0.05, 0.1) is 0 Å². The van der Waals surface area contributed by atoms with Crippen LogP contribution in [-0.2, 0) is 0 Å². The Hall–Kier alpha value is -0.820. The summed E-state index contributed by atoms with van der Waals surface area (Å²) in [5.41, 5.74) is 6.68. The molecule has 0 bridgehead atoms. The molecule has 0 aromatic heterocycles. The Balaban J connectivity index is 3.44. The summed E-state index contributed by atoms with van der Waals surface area (Å²) in [5, 5.41) is 0. The van der Waals surface area contributed by atoms with E-state index >= 15 is 0 Å². The van der Waals surface area contributed by atoms with Gasteiger partial charge in [-0.1, -0.05) is 44.2 Å². The Bertz CT molecular complexity index is 168. The van der Waals surface area contributed by atoms with Crippen LogP contribution in [0.1, 0.15) is 32.1 Å². The van der Waals surface area contributed by atoms with Gasteiger partial charge in [0.15, 0.2) is 0 Å². The zero-order valence-electron chi connectivity index (χ0n) is 8.47. The van der Waals surface area contributed by atoms with Crippen molar-refractivity contribution in [3.05, 3.63) is 37.0 Å². The molecule has 0 aliphatic carbocycles. The Morgan fingerprint density at radius 2 is 1.77 bits per heavy atom. The van der Waals surface area contributed by atoms with Crippen LogP contribution in [0.3, 0.4) is 0 Å². The minimum Gasteiger partial charge on any atom is -0.330 e. The first-order valence-corrected chi connectivity index (χ1v) is 4.99. The van der Waals surface area contributed by atoms with Gasteiger partial charge < -0.3 is 5.73 Å². The van der Waals surface area contributed by atoms with Crippen molar-refractivity contribution in [1.82, 2.24) is 0 Å². The van der Waals surface area contributed by atoms with Gasteiger partial charge in [-0.2, -0.15) is 0 Å². The van der Waals surface area contributed by atoms with Crippen LogP contribution in [0.15, 0.2) is 37.0 Å². The quantitative estimate of drug-likeness (QED) is 0.449. The third-order valence-corrected chi connectivity index (χ3v) is 2.01. The van der Waals surface area contributed by atoms with Crippen LogP contribution >= 0.6 is 0 Å². The molecule has 0 saturated carbocycles. The van der Waals surface area contributed by atoms with Crippen LogP contribution in [-0.4, -0.2) is 6.54 Å². The van der Waals surface area contributed by atoms with E-state index in [9.17, 15) is 0 Å². The van der Waals surface area contributed by atoms with Crippen LogP contribution in [0.2, 0.25) is 0 Å². The summed E-state index contributed by atoms with van der Waals surface area (Å²) < 4.78 is 0. The van der Waals surface area contributed by atoms with Crippen LogP contribution in [0.25, 0.3) is 0 Å². The lowest BCUT2D eigenvalue weighted by atomic mass is 10.1. The molecule has 0 rings (SSSR count). The van der Waals surface area contributed by atoms with E-state index in [2.05, 4.69) is 13.2 Å². The smallest absolute Gasteiger partial charge is 0.00773 e. The lowest BCUT2D eigenvalue weighted by molar-refractivity contribution is 0.648. The van der Waals surface area contributed by atoms with Gasteiger partial charge in [-0.3, -0.25) is 0 Å². The molecule has 0 aliphatic rings. The third kappa shape index (κ3) is 7.54. The van der Waals surface area contributed by atoms with E-state index in [4.69, 9.17) is 5.73 Å². The zero-order chi connectivity index (χ0) is 9.94. The first-order chi connectivity index (χ1) is 6.35. The van der Waals surface area contributed by atoms with Gasteiger partial charge in [-0.15, -0.1) is 0 Å². The van der Waals surface area contributed by atoms with E-state index in [1.807, 2.05) is 18.2 Å². The molecular formula is C12H21N. The summed E-state index contributed by atoms with van der Waals surface area (Å²) in [4.78, 5) is 0. The minimum atomic E-state index is 0.816. The first kappa shape index (κ1) is 12.2. The van der Waals surface area contributed by atoms with Gasteiger partial charge in [0, 0.05) is 0 Å². The van der Waals surface area contributed by atoms with E-state index in [1.54, 1.807) is 0 Å². The maximum Gasteiger partial charge on any atom is -0.00773 e. The van der Waals surface area contributed by atoms with Gasteiger partial charge >= 0.3 is 0 Å². The van der Waals surface area contributed by atoms with Crippen molar-refractivity contribution in [3.8, 4) is 0 Å². The zero-order valence-corrected chi connectivity index (χ0v) is 8.47. The Kier molecular flexibility index (Phi) is 8.68. The molecule has 0 radical (unpaired) electrons. The highest BCUT2D eigenvalue weighted by molar-refractivity contribution is 5.20. The molecule has 1 nitrogen and oxygen atoms in total. The molecule has 0 fully saturated rings. The molecular weight excluding hydrogens is 158 g/mol. The van der Waals surface area contributed by atoms with Gasteiger partial charge in [-0.25, -0.2) is 0 Å². The molecule has 13 heavy (non-hydrogen) atoms. The minimum absolute atomic E-state index is 0.816. The van der Waals surface area contributed by atoms with Crippen molar-refractivity contribution < 1.29 is 0 Å². The second kappa shape index (κ2) is 9.27. The lowest BCUT2D eigenvalue weighted by Crippen LogP contribution is -1.97. The monoisotopic (exact) mass is 179 g/mol. The number of hydrogen-bond acceptors (Lipinski definition) is 1. The average Bonchev–Trinajstić information content (AvgIpc) is 2.16. The molecule has 0 heterocycles. The molecule has 0 atom stereocenters. The van der Waals surface area contributed by atoms with Crippen molar-refractivity contribution in [2.45, 2.75) is 32.1 Å². The molecule has 0 spiro atoms.